The van der Waals surface area contributed by atoms with Crippen molar-refractivity contribution in [1.82, 2.24) is 20.1 Å². The number of benzene rings is 2. The summed E-state index contributed by atoms with van der Waals surface area (Å²) in [5.41, 5.74) is 3.46. The molecule has 4 rings (SSSR count). The second-order valence-corrected chi connectivity index (χ2v) is 7.22. The number of ether oxygens (including phenoxy) is 2. The Morgan fingerprint density at radius 3 is 2.53 bits per heavy atom. The fourth-order valence-corrected chi connectivity index (χ4v) is 3.50. The van der Waals surface area contributed by atoms with Crippen LogP contribution in [0.1, 0.15) is 28.9 Å². The van der Waals surface area contributed by atoms with Crippen molar-refractivity contribution in [2.75, 3.05) is 14.2 Å². The summed E-state index contributed by atoms with van der Waals surface area (Å²) in [6.45, 7) is 1.90. The molecule has 4 aromatic rings. The molecule has 0 bridgehead atoms. The highest BCUT2D eigenvalue weighted by atomic mass is 16.5. The lowest BCUT2D eigenvalue weighted by atomic mass is 10.1. The number of rotatable bonds is 7. The number of amides is 1. The average Bonchev–Trinajstić information content (AvgIpc) is 3.30. The number of methoxy groups -OCH3 is 2. The van der Waals surface area contributed by atoms with Gasteiger partial charge in [-0.15, -0.1) is 0 Å². The molecule has 2 aromatic heterocycles. The topological polar surface area (TPSA) is 78.3 Å². The number of pyridine rings is 1. The molecule has 0 aliphatic carbocycles. The highest BCUT2D eigenvalue weighted by Gasteiger charge is 2.22. The zero-order chi connectivity index (χ0) is 22.5. The fourth-order valence-electron chi connectivity index (χ4n) is 3.50. The smallest absolute Gasteiger partial charge is 0.255 e. The molecule has 0 fully saturated rings. The fraction of sp³-hybridized carbons (Fsp3) is 0.160. The van der Waals surface area contributed by atoms with Crippen molar-refractivity contribution >= 4 is 5.91 Å². The van der Waals surface area contributed by atoms with Gasteiger partial charge in [0.05, 0.1) is 31.5 Å². The van der Waals surface area contributed by atoms with E-state index in [0.717, 1.165) is 16.8 Å². The number of aromatic nitrogens is 3. The van der Waals surface area contributed by atoms with Crippen LogP contribution in [0.4, 0.5) is 0 Å². The van der Waals surface area contributed by atoms with Crippen LogP contribution in [0.15, 0.2) is 79.3 Å². The van der Waals surface area contributed by atoms with Crippen LogP contribution in [-0.4, -0.2) is 34.9 Å². The van der Waals surface area contributed by atoms with E-state index in [1.807, 2.05) is 67.6 Å². The van der Waals surface area contributed by atoms with E-state index in [1.54, 1.807) is 37.5 Å². The SMILES string of the molecule is COc1ccc(OC)c(C(C)NC(=O)c2cn(-c3ccccc3)nc2-c2cccnc2)c1. The molecule has 7 nitrogen and oxygen atoms in total. The van der Waals surface area contributed by atoms with E-state index in [1.165, 1.54) is 0 Å². The van der Waals surface area contributed by atoms with Gasteiger partial charge in [-0.3, -0.25) is 9.78 Å². The van der Waals surface area contributed by atoms with Gasteiger partial charge in [-0.05, 0) is 49.4 Å². The number of nitrogens with one attached hydrogen (secondary N) is 1. The maximum absolute atomic E-state index is 13.4. The summed E-state index contributed by atoms with van der Waals surface area (Å²) in [5, 5.41) is 7.75. The highest BCUT2D eigenvalue weighted by molar-refractivity contribution is 6.00. The number of hydrogen-bond acceptors (Lipinski definition) is 5. The van der Waals surface area contributed by atoms with E-state index in [9.17, 15) is 4.79 Å². The first-order valence-corrected chi connectivity index (χ1v) is 10.2. The first-order valence-electron chi connectivity index (χ1n) is 10.2. The number of carbonyl (C=O) groups is 1. The van der Waals surface area contributed by atoms with Crippen molar-refractivity contribution in [2.45, 2.75) is 13.0 Å². The molecular weight excluding hydrogens is 404 g/mol. The Hall–Kier alpha value is -4.13. The van der Waals surface area contributed by atoms with Gasteiger partial charge >= 0.3 is 0 Å². The van der Waals surface area contributed by atoms with Gasteiger partial charge in [0.25, 0.3) is 5.91 Å². The summed E-state index contributed by atoms with van der Waals surface area (Å²) in [4.78, 5) is 17.5. The molecule has 1 N–H and O–H groups in total. The predicted octanol–water partition coefficient (Wildman–Crippen LogP) is 4.44. The molecule has 0 aliphatic rings. The third kappa shape index (κ3) is 4.32. The van der Waals surface area contributed by atoms with Crippen LogP contribution < -0.4 is 14.8 Å². The van der Waals surface area contributed by atoms with Crippen LogP contribution in [0.25, 0.3) is 16.9 Å². The molecular formula is C25H24N4O3. The lowest BCUT2D eigenvalue weighted by Gasteiger charge is -2.18. The number of para-hydroxylation sites is 1. The molecule has 0 radical (unpaired) electrons. The van der Waals surface area contributed by atoms with Crippen LogP contribution in [-0.2, 0) is 0 Å². The summed E-state index contributed by atoms with van der Waals surface area (Å²) in [7, 11) is 3.21. The number of hydrogen-bond donors (Lipinski definition) is 1. The van der Waals surface area contributed by atoms with Crippen molar-refractivity contribution in [1.29, 1.82) is 0 Å². The first-order chi connectivity index (χ1) is 15.6. The van der Waals surface area contributed by atoms with Gasteiger partial charge in [0, 0.05) is 29.7 Å². The van der Waals surface area contributed by atoms with Crippen LogP contribution in [0.2, 0.25) is 0 Å². The maximum Gasteiger partial charge on any atom is 0.255 e. The monoisotopic (exact) mass is 428 g/mol. The normalized spacial score (nSPS) is 11.6. The molecule has 0 saturated heterocycles. The molecule has 0 aliphatic heterocycles. The van der Waals surface area contributed by atoms with Crippen LogP contribution in [0, 0.1) is 0 Å². The molecule has 1 amide bonds. The van der Waals surface area contributed by atoms with Crippen molar-refractivity contribution < 1.29 is 14.3 Å². The van der Waals surface area contributed by atoms with Crippen molar-refractivity contribution in [3.8, 4) is 28.4 Å². The molecule has 2 heterocycles. The zero-order valence-electron chi connectivity index (χ0n) is 18.1. The van der Waals surface area contributed by atoms with Crippen LogP contribution >= 0.6 is 0 Å². The van der Waals surface area contributed by atoms with E-state index in [-0.39, 0.29) is 11.9 Å². The number of nitrogens with zero attached hydrogens (tertiary/aromatic N) is 3. The standard InChI is InChI=1S/C25H24N4O3/c1-17(21-14-20(31-2)11-12-23(21)32-3)27-25(30)22-16-29(19-9-5-4-6-10-19)28-24(22)18-8-7-13-26-15-18/h4-17H,1-3H3,(H,27,30). The van der Waals surface area contributed by atoms with Gasteiger partial charge in [0.2, 0.25) is 0 Å². The minimum Gasteiger partial charge on any atom is -0.497 e. The molecule has 0 saturated carbocycles. The van der Waals surface area contributed by atoms with Gasteiger partial charge in [-0.1, -0.05) is 18.2 Å². The molecule has 1 atom stereocenters. The molecule has 1 unspecified atom stereocenters. The maximum atomic E-state index is 13.4. The largest absolute Gasteiger partial charge is 0.497 e. The quantitative estimate of drug-likeness (QED) is 0.471. The van der Waals surface area contributed by atoms with E-state index < -0.39 is 0 Å². The molecule has 32 heavy (non-hydrogen) atoms. The summed E-state index contributed by atoms with van der Waals surface area (Å²) in [6, 6.07) is 18.6. The lowest BCUT2D eigenvalue weighted by Crippen LogP contribution is -2.27. The Bertz CT molecular complexity index is 1210. The summed E-state index contributed by atoms with van der Waals surface area (Å²) in [6.07, 6.45) is 5.13. The predicted molar refractivity (Wildman–Crippen MR) is 122 cm³/mol. The Morgan fingerprint density at radius 2 is 1.84 bits per heavy atom. The summed E-state index contributed by atoms with van der Waals surface area (Å²) < 4.78 is 12.5. The minimum atomic E-state index is -0.325. The van der Waals surface area contributed by atoms with Crippen molar-refractivity contribution in [3.05, 3.63) is 90.4 Å². The van der Waals surface area contributed by atoms with E-state index in [0.29, 0.717) is 22.8 Å². The average molecular weight is 428 g/mol. The Morgan fingerprint density at radius 1 is 1.03 bits per heavy atom. The second-order valence-electron chi connectivity index (χ2n) is 7.22. The van der Waals surface area contributed by atoms with Gasteiger partial charge in [0.1, 0.15) is 17.2 Å². The molecule has 7 heteroatoms. The molecule has 0 spiro atoms. The van der Waals surface area contributed by atoms with Crippen LogP contribution in [0.5, 0.6) is 11.5 Å². The Labute approximate surface area is 186 Å². The second kappa shape index (κ2) is 9.34. The highest BCUT2D eigenvalue weighted by Crippen LogP contribution is 2.30. The third-order valence-corrected chi connectivity index (χ3v) is 5.17. The molecule has 162 valence electrons. The van der Waals surface area contributed by atoms with Crippen molar-refractivity contribution in [2.24, 2.45) is 0 Å². The molecule has 2 aromatic carbocycles. The summed E-state index contributed by atoms with van der Waals surface area (Å²) in [5.74, 6) is 1.12. The van der Waals surface area contributed by atoms with Gasteiger partial charge in [-0.2, -0.15) is 5.10 Å². The Balaban J connectivity index is 1.70. The minimum absolute atomic E-state index is 0.247. The lowest BCUT2D eigenvalue weighted by molar-refractivity contribution is 0.0940. The van der Waals surface area contributed by atoms with Gasteiger partial charge in [0.15, 0.2) is 0 Å². The van der Waals surface area contributed by atoms with Gasteiger partial charge < -0.3 is 14.8 Å². The first kappa shape index (κ1) is 21.1. The van der Waals surface area contributed by atoms with Crippen LogP contribution in [0.3, 0.4) is 0 Å². The van der Waals surface area contributed by atoms with Gasteiger partial charge in [-0.25, -0.2) is 4.68 Å². The number of carbonyl (C=O) groups excluding carboxylic acids is 1. The third-order valence-electron chi connectivity index (χ3n) is 5.17. The van der Waals surface area contributed by atoms with E-state index in [4.69, 9.17) is 9.47 Å². The zero-order valence-corrected chi connectivity index (χ0v) is 18.1. The van der Waals surface area contributed by atoms with Crippen molar-refractivity contribution in [3.63, 3.8) is 0 Å². The van der Waals surface area contributed by atoms with E-state index >= 15 is 0 Å². The Kier molecular flexibility index (Phi) is 6.17. The van der Waals surface area contributed by atoms with E-state index in [2.05, 4.69) is 15.4 Å². The summed E-state index contributed by atoms with van der Waals surface area (Å²) >= 11 is 0.